The standard InChI is InChI=1S/C23H33N5O4/c1-4-32-20(29)9-12-24-23(31)25-17-10-13-27(14-11-17)21-22(30)28(15-16(2)3)19-8-6-5-7-18(19)26-21/h5-8,16-17H,4,9-15H2,1-3H3,(H2,24,25,31). The summed E-state index contributed by atoms with van der Waals surface area (Å²) in [6.07, 6.45) is 1.57. The van der Waals surface area contributed by atoms with Gasteiger partial charge in [0.15, 0.2) is 5.82 Å². The third-order valence-corrected chi connectivity index (χ3v) is 5.43. The van der Waals surface area contributed by atoms with E-state index in [1.165, 1.54) is 0 Å². The van der Waals surface area contributed by atoms with E-state index in [1.807, 2.05) is 33.7 Å². The molecule has 1 aromatic carbocycles. The highest BCUT2D eigenvalue weighted by molar-refractivity contribution is 5.77. The third-order valence-electron chi connectivity index (χ3n) is 5.43. The van der Waals surface area contributed by atoms with Crippen LogP contribution in [-0.4, -0.2) is 53.8 Å². The number of amides is 2. The highest BCUT2D eigenvalue weighted by Gasteiger charge is 2.24. The number of nitrogens with zero attached hydrogens (tertiary/aromatic N) is 3. The van der Waals surface area contributed by atoms with Gasteiger partial charge in [-0.25, -0.2) is 9.78 Å². The number of benzene rings is 1. The first-order chi connectivity index (χ1) is 15.4. The molecule has 0 spiro atoms. The minimum atomic E-state index is -0.327. The van der Waals surface area contributed by atoms with E-state index in [2.05, 4.69) is 29.5 Å². The van der Waals surface area contributed by atoms with Gasteiger partial charge in [0.25, 0.3) is 5.56 Å². The van der Waals surface area contributed by atoms with Crippen molar-refractivity contribution in [1.29, 1.82) is 0 Å². The summed E-state index contributed by atoms with van der Waals surface area (Å²) < 4.78 is 6.67. The van der Waals surface area contributed by atoms with Crippen LogP contribution < -0.4 is 21.1 Å². The molecule has 0 aliphatic carbocycles. The second-order valence-corrected chi connectivity index (χ2v) is 8.45. The Morgan fingerprint density at radius 2 is 1.94 bits per heavy atom. The van der Waals surface area contributed by atoms with Crippen LogP contribution in [0.15, 0.2) is 29.1 Å². The Kier molecular flexibility index (Phi) is 8.08. The van der Waals surface area contributed by atoms with Gasteiger partial charge >= 0.3 is 12.0 Å². The highest BCUT2D eigenvalue weighted by Crippen LogP contribution is 2.19. The molecule has 0 bridgehead atoms. The SMILES string of the molecule is CCOC(=O)CCNC(=O)NC1CCN(c2nc3ccccc3n(CC(C)C)c2=O)CC1. The van der Waals surface area contributed by atoms with Crippen molar-refractivity contribution in [3.63, 3.8) is 0 Å². The number of anilines is 1. The number of nitrogens with one attached hydrogen (secondary N) is 2. The van der Waals surface area contributed by atoms with Gasteiger partial charge < -0.3 is 24.8 Å². The lowest BCUT2D eigenvalue weighted by atomic mass is 10.1. The predicted octanol–water partition coefficient (Wildman–Crippen LogP) is 2.27. The normalized spacial score (nSPS) is 14.6. The van der Waals surface area contributed by atoms with Gasteiger partial charge in [0.1, 0.15) is 0 Å². The van der Waals surface area contributed by atoms with E-state index in [9.17, 15) is 14.4 Å². The van der Waals surface area contributed by atoms with Gasteiger partial charge in [-0.2, -0.15) is 0 Å². The van der Waals surface area contributed by atoms with Crippen LogP contribution in [0.1, 0.15) is 40.0 Å². The predicted molar refractivity (Wildman–Crippen MR) is 124 cm³/mol. The van der Waals surface area contributed by atoms with E-state index in [4.69, 9.17) is 4.74 Å². The van der Waals surface area contributed by atoms with Crippen molar-refractivity contribution in [1.82, 2.24) is 20.2 Å². The van der Waals surface area contributed by atoms with Crippen LogP contribution in [0, 0.1) is 5.92 Å². The summed E-state index contributed by atoms with van der Waals surface area (Å²) in [5.74, 6) is 0.484. The van der Waals surface area contributed by atoms with Crippen molar-refractivity contribution in [2.75, 3.05) is 31.1 Å². The number of hydrogen-bond acceptors (Lipinski definition) is 6. The molecule has 0 atom stereocenters. The largest absolute Gasteiger partial charge is 0.466 e. The first-order valence-electron chi connectivity index (χ1n) is 11.3. The molecular weight excluding hydrogens is 410 g/mol. The Hall–Kier alpha value is -3.10. The van der Waals surface area contributed by atoms with Crippen LogP contribution in [-0.2, 0) is 16.1 Å². The van der Waals surface area contributed by atoms with E-state index in [0.717, 1.165) is 11.0 Å². The Morgan fingerprint density at radius 3 is 2.62 bits per heavy atom. The zero-order valence-electron chi connectivity index (χ0n) is 19.1. The molecule has 0 unspecified atom stereocenters. The number of ether oxygens (including phenoxy) is 1. The van der Waals surface area contributed by atoms with E-state index >= 15 is 0 Å². The van der Waals surface area contributed by atoms with Crippen LogP contribution >= 0.6 is 0 Å². The molecule has 0 saturated carbocycles. The fraction of sp³-hybridized carbons (Fsp3) is 0.565. The Labute approximate surface area is 188 Å². The second kappa shape index (κ2) is 11.0. The zero-order chi connectivity index (χ0) is 23.1. The summed E-state index contributed by atoms with van der Waals surface area (Å²) in [6, 6.07) is 7.44. The average Bonchev–Trinajstić information content (AvgIpc) is 2.76. The smallest absolute Gasteiger partial charge is 0.315 e. The number of fused-ring (bicyclic) bond motifs is 1. The molecule has 174 valence electrons. The summed E-state index contributed by atoms with van der Waals surface area (Å²) in [7, 11) is 0. The van der Waals surface area contributed by atoms with E-state index in [1.54, 1.807) is 6.92 Å². The van der Waals surface area contributed by atoms with Gasteiger partial charge in [0, 0.05) is 32.2 Å². The molecule has 9 nitrogen and oxygen atoms in total. The summed E-state index contributed by atoms with van der Waals surface area (Å²) >= 11 is 0. The Balaban J connectivity index is 1.60. The maximum atomic E-state index is 13.2. The molecule has 1 aromatic heterocycles. The molecule has 9 heteroatoms. The number of carbonyl (C=O) groups excluding carboxylic acids is 2. The second-order valence-electron chi connectivity index (χ2n) is 8.45. The van der Waals surface area contributed by atoms with Crippen molar-refractivity contribution in [2.24, 2.45) is 5.92 Å². The van der Waals surface area contributed by atoms with Crippen LogP contribution in [0.5, 0.6) is 0 Å². The quantitative estimate of drug-likeness (QED) is 0.607. The van der Waals surface area contributed by atoms with E-state index in [0.29, 0.717) is 50.8 Å². The van der Waals surface area contributed by atoms with Crippen LogP contribution in [0.3, 0.4) is 0 Å². The fourth-order valence-corrected chi connectivity index (χ4v) is 3.91. The topological polar surface area (TPSA) is 106 Å². The molecular formula is C23H33N5O4. The van der Waals surface area contributed by atoms with Crippen LogP contribution in [0.25, 0.3) is 11.0 Å². The summed E-state index contributed by atoms with van der Waals surface area (Å²) in [5, 5.41) is 5.63. The summed E-state index contributed by atoms with van der Waals surface area (Å²) in [6.45, 7) is 8.41. The number of carbonyl (C=O) groups is 2. The van der Waals surface area contributed by atoms with Crippen molar-refractivity contribution < 1.29 is 14.3 Å². The van der Waals surface area contributed by atoms with E-state index < -0.39 is 0 Å². The molecule has 1 aliphatic rings. The zero-order valence-corrected chi connectivity index (χ0v) is 19.1. The third kappa shape index (κ3) is 5.99. The van der Waals surface area contributed by atoms with Gasteiger partial charge in [0.2, 0.25) is 0 Å². The lowest BCUT2D eigenvalue weighted by molar-refractivity contribution is -0.142. The minimum absolute atomic E-state index is 0.00666. The number of piperidine rings is 1. The monoisotopic (exact) mass is 443 g/mol. The van der Waals surface area contributed by atoms with Crippen molar-refractivity contribution in [3.8, 4) is 0 Å². The Bertz CT molecular complexity index is 996. The molecule has 1 fully saturated rings. The molecule has 3 rings (SSSR count). The van der Waals surface area contributed by atoms with Gasteiger partial charge in [0.05, 0.1) is 24.1 Å². The first-order valence-corrected chi connectivity index (χ1v) is 11.3. The van der Waals surface area contributed by atoms with Crippen molar-refractivity contribution in [2.45, 2.75) is 52.6 Å². The molecule has 2 amide bonds. The van der Waals surface area contributed by atoms with Gasteiger partial charge in [-0.15, -0.1) is 0 Å². The lowest BCUT2D eigenvalue weighted by Crippen LogP contribution is -2.49. The maximum absolute atomic E-state index is 13.2. The fourth-order valence-electron chi connectivity index (χ4n) is 3.91. The Morgan fingerprint density at radius 1 is 1.22 bits per heavy atom. The molecule has 0 radical (unpaired) electrons. The number of esters is 1. The molecule has 1 aliphatic heterocycles. The summed E-state index contributed by atoms with van der Waals surface area (Å²) in [5.41, 5.74) is 1.59. The summed E-state index contributed by atoms with van der Waals surface area (Å²) in [4.78, 5) is 43.4. The molecule has 2 heterocycles. The maximum Gasteiger partial charge on any atom is 0.315 e. The van der Waals surface area contributed by atoms with Crippen molar-refractivity contribution in [3.05, 3.63) is 34.6 Å². The number of aromatic nitrogens is 2. The molecule has 1 saturated heterocycles. The molecule has 2 N–H and O–H groups in total. The molecule has 32 heavy (non-hydrogen) atoms. The number of hydrogen-bond donors (Lipinski definition) is 2. The van der Waals surface area contributed by atoms with Crippen LogP contribution in [0.4, 0.5) is 10.6 Å². The molecule has 2 aromatic rings. The first kappa shape index (κ1) is 23.6. The van der Waals surface area contributed by atoms with Crippen LogP contribution in [0.2, 0.25) is 0 Å². The van der Waals surface area contributed by atoms with Crippen molar-refractivity contribution >= 4 is 28.9 Å². The van der Waals surface area contributed by atoms with Gasteiger partial charge in [-0.3, -0.25) is 9.59 Å². The van der Waals surface area contributed by atoms with E-state index in [-0.39, 0.29) is 36.6 Å². The number of rotatable bonds is 8. The number of para-hydroxylation sites is 2. The highest BCUT2D eigenvalue weighted by atomic mass is 16.5. The minimum Gasteiger partial charge on any atom is -0.466 e. The van der Waals surface area contributed by atoms with Gasteiger partial charge in [-0.05, 0) is 37.8 Å². The lowest BCUT2D eigenvalue weighted by Gasteiger charge is -2.33. The number of urea groups is 1. The van der Waals surface area contributed by atoms with Gasteiger partial charge in [-0.1, -0.05) is 26.0 Å². The average molecular weight is 444 g/mol.